The van der Waals surface area contributed by atoms with E-state index in [4.69, 9.17) is 0 Å². The molecule has 13 heavy (non-hydrogen) atoms. The van der Waals surface area contributed by atoms with Gasteiger partial charge in [0, 0.05) is 13.1 Å². The Labute approximate surface area is 82.9 Å². The van der Waals surface area contributed by atoms with Crippen LogP contribution in [0.3, 0.4) is 0 Å². The molecule has 0 saturated carbocycles. The lowest BCUT2D eigenvalue weighted by molar-refractivity contribution is 0.0205. The van der Waals surface area contributed by atoms with Crippen molar-refractivity contribution in [2.24, 2.45) is 5.92 Å². The molecule has 0 radical (unpaired) electrons. The van der Waals surface area contributed by atoms with E-state index in [2.05, 4.69) is 25.8 Å². The Hall–Kier alpha value is -0.0800. The Balaban J connectivity index is 3.79. The lowest BCUT2D eigenvalue weighted by Gasteiger charge is -2.29. The Morgan fingerprint density at radius 3 is 2.31 bits per heavy atom. The molecule has 0 spiro atoms. The number of aliphatic hydroxyl groups is 1. The molecule has 0 aromatic rings. The van der Waals surface area contributed by atoms with Gasteiger partial charge >= 0.3 is 0 Å². The fraction of sp³-hybridized carbons (Fsp3) is 1.00. The summed E-state index contributed by atoms with van der Waals surface area (Å²) >= 11 is 0. The standard InChI is InChI=1S/C11H25NO/c1-6-10(3)8-12(5)9-11(4,13)7-2/h10,13H,6-9H2,1-5H3. The molecule has 2 unspecified atom stereocenters. The molecule has 0 saturated heterocycles. The summed E-state index contributed by atoms with van der Waals surface area (Å²) in [5, 5.41) is 9.84. The van der Waals surface area contributed by atoms with Gasteiger partial charge in [-0.15, -0.1) is 0 Å². The van der Waals surface area contributed by atoms with Gasteiger partial charge in [0.2, 0.25) is 0 Å². The van der Waals surface area contributed by atoms with E-state index in [-0.39, 0.29) is 0 Å². The number of rotatable bonds is 6. The average Bonchev–Trinajstić information content (AvgIpc) is 2.03. The van der Waals surface area contributed by atoms with Gasteiger partial charge in [-0.3, -0.25) is 0 Å². The molecule has 0 amide bonds. The molecule has 2 atom stereocenters. The summed E-state index contributed by atoms with van der Waals surface area (Å²) in [4.78, 5) is 2.22. The van der Waals surface area contributed by atoms with Crippen LogP contribution in [0.15, 0.2) is 0 Å². The molecule has 1 N–H and O–H groups in total. The van der Waals surface area contributed by atoms with Gasteiger partial charge in [-0.2, -0.15) is 0 Å². The topological polar surface area (TPSA) is 23.5 Å². The van der Waals surface area contributed by atoms with Crippen LogP contribution >= 0.6 is 0 Å². The minimum absolute atomic E-state index is 0.526. The SMILES string of the molecule is CCC(C)CN(C)CC(C)(O)CC. The van der Waals surface area contributed by atoms with Crippen molar-refractivity contribution < 1.29 is 5.11 Å². The van der Waals surface area contributed by atoms with Crippen molar-refractivity contribution in [3.8, 4) is 0 Å². The van der Waals surface area contributed by atoms with Gasteiger partial charge in [-0.05, 0) is 26.3 Å². The van der Waals surface area contributed by atoms with Crippen molar-refractivity contribution in [3.63, 3.8) is 0 Å². The lowest BCUT2D eigenvalue weighted by Crippen LogP contribution is -2.40. The van der Waals surface area contributed by atoms with Gasteiger partial charge in [0.25, 0.3) is 0 Å². The van der Waals surface area contributed by atoms with Gasteiger partial charge < -0.3 is 10.0 Å². The van der Waals surface area contributed by atoms with Crippen molar-refractivity contribution in [3.05, 3.63) is 0 Å². The molecule has 2 nitrogen and oxygen atoms in total. The monoisotopic (exact) mass is 187 g/mol. The molecule has 0 aliphatic carbocycles. The summed E-state index contributed by atoms with van der Waals surface area (Å²) in [7, 11) is 2.08. The van der Waals surface area contributed by atoms with Crippen LogP contribution in [0, 0.1) is 5.92 Å². The van der Waals surface area contributed by atoms with E-state index in [1.807, 2.05) is 13.8 Å². The zero-order chi connectivity index (χ0) is 10.5. The zero-order valence-electron chi connectivity index (χ0n) is 9.80. The highest BCUT2D eigenvalue weighted by Crippen LogP contribution is 2.11. The first-order valence-corrected chi connectivity index (χ1v) is 5.32. The maximum absolute atomic E-state index is 9.84. The first-order chi connectivity index (χ1) is 5.91. The fourth-order valence-electron chi connectivity index (χ4n) is 1.42. The molecule has 0 aliphatic rings. The van der Waals surface area contributed by atoms with Gasteiger partial charge in [0.15, 0.2) is 0 Å². The molecule has 0 bridgehead atoms. The summed E-state index contributed by atoms with van der Waals surface area (Å²) < 4.78 is 0. The van der Waals surface area contributed by atoms with Gasteiger partial charge in [0.05, 0.1) is 5.60 Å². The number of nitrogens with zero attached hydrogens (tertiary/aromatic N) is 1. The highest BCUT2D eigenvalue weighted by molar-refractivity contribution is 4.74. The Kier molecular flexibility index (Phi) is 5.57. The zero-order valence-corrected chi connectivity index (χ0v) is 9.80. The summed E-state index contributed by atoms with van der Waals surface area (Å²) in [6.45, 7) is 10.2. The van der Waals surface area contributed by atoms with Crippen molar-refractivity contribution in [1.82, 2.24) is 4.90 Å². The van der Waals surface area contributed by atoms with Gasteiger partial charge in [-0.1, -0.05) is 27.2 Å². The second-order valence-electron chi connectivity index (χ2n) is 4.56. The predicted octanol–water partition coefficient (Wildman–Crippen LogP) is 2.13. The van der Waals surface area contributed by atoms with E-state index in [0.717, 1.165) is 25.4 Å². The molecule has 0 aromatic carbocycles. The van der Waals surface area contributed by atoms with Crippen LogP contribution in [-0.2, 0) is 0 Å². The molecule has 0 rings (SSSR count). The van der Waals surface area contributed by atoms with Crippen LogP contribution in [0.25, 0.3) is 0 Å². The molecule has 0 aliphatic heterocycles. The van der Waals surface area contributed by atoms with Crippen molar-refractivity contribution in [2.45, 2.75) is 46.1 Å². The number of hydrogen-bond donors (Lipinski definition) is 1. The Bertz CT molecular complexity index is 134. The average molecular weight is 187 g/mol. The molecule has 0 aromatic heterocycles. The second kappa shape index (κ2) is 5.61. The van der Waals surface area contributed by atoms with E-state index in [1.165, 1.54) is 6.42 Å². The highest BCUT2D eigenvalue weighted by atomic mass is 16.3. The fourth-order valence-corrected chi connectivity index (χ4v) is 1.42. The quantitative estimate of drug-likeness (QED) is 0.688. The minimum atomic E-state index is -0.526. The third-order valence-electron chi connectivity index (χ3n) is 2.69. The van der Waals surface area contributed by atoms with Gasteiger partial charge in [-0.25, -0.2) is 0 Å². The van der Waals surface area contributed by atoms with Crippen LogP contribution in [-0.4, -0.2) is 35.7 Å². The van der Waals surface area contributed by atoms with E-state index >= 15 is 0 Å². The van der Waals surface area contributed by atoms with Crippen LogP contribution in [0.2, 0.25) is 0 Å². The summed E-state index contributed by atoms with van der Waals surface area (Å²) in [6, 6.07) is 0. The first kappa shape index (κ1) is 12.9. The molecule has 0 heterocycles. The molecule has 0 fully saturated rings. The third-order valence-corrected chi connectivity index (χ3v) is 2.69. The predicted molar refractivity (Wildman–Crippen MR) is 57.9 cm³/mol. The normalized spacial score (nSPS) is 18.7. The Morgan fingerprint density at radius 1 is 1.38 bits per heavy atom. The van der Waals surface area contributed by atoms with Crippen molar-refractivity contribution >= 4 is 0 Å². The number of hydrogen-bond acceptors (Lipinski definition) is 2. The molecule has 2 heteroatoms. The second-order valence-corrected chi connectivity index (χ2v) is 4.56. The first-order valence-electron chi connectivity index (χ1n) is 5.32. The maximum atomic E-state index is 9.84. The van der Waals surface area contributed by atoms with Crippen molar-refractivity contribution in [2.75, 3.05) is 20.1 Å². The van der Waals surface area contributed by atoms with E-state index < -0.39 is 5.60 Å². The molecule has 80 valence electrons. The largest absolute Gasteiger partial charge is 0.389 e. The van der Waals surface area contributed by atoms with Crippen LogP contribution in [0.5, 0.6) is 0 Å². The summed E-state index contributed by atoms with van der Waals surface area (Å²) in [6.07, 6.45) is 2.02. The van der Waals surface area contributed by atoms with Crippen LogP contribution < -0.4 is 0 Å². The van der Waals surface area contributed by atoms with Crippen LogP contribution in [0.4, 0.5) is 0 Å². The van der Waals surface area contributed by atoms with Gasteiger partial charge in [0.1, 0.15) is 0 Å². The maximum Gasteiger partial charge on any atom is 0.0743 e. The summed E-state index contributed by atoms with van der Waals surface area (Å²) in [5.74, 6) is 0.720. The van der Waals surface area contributed by atoms with E-state index in [9.17, 15) is 5.11 Å². The van der Waals surface area contributed by atoms with Crippen LogP contribution in [0.1, 0.15) is 40.5 Å². The summed E-state index contributed by atoms with van der Waals surface area (Å²) in [5.41, 5.74) is -0.526. The Morgan fingerprint density at radius 2 is 1.92 bits per heavy atom. The molecular weight excluding hydrogens is 162 g/mol. The van der Waals surface area contributed by atoms with E-state index in [1.54, 1.807) is 0 Å². The van der Waals surface area contributed by atoms with E-state index in [0.29, 0.717) is 0 Å². The smallest absolute Gasteiger partial charge is 0.0743 e. The lowest BCUT2D eigenvalue weighted by atomic mass is 10.0. The molecular formula is C11H25NO. The number of likely N-dealkylation sites (N-methyl/N-ethyl adjacent to an activating group) is 1. The third kappa shape index (κ3) is 6.05. The minimum Gasteiger partial charge on any atom is -0.389 e. The van der Waals surface area contributed by atoms with Crippen molar-refractivity contribution in [1.29, 1.82) is 0 Å². The highest BCUT2D eigenvalue weighted by Gasteiger charge is 2.20.